The molecule has 16 heavy (non-hydrogen) atoms. The molecule has 0 saturated carbocycles. The van der Waals surface area contributed by atoms with E-state index in [2.05, 4.69) is 5.32 Å². The van der Waals surface area contributed by atoms with Crippen molar-refractivity contribution in [3.05, 3.63) is 0 Å². The van der Waals surface area contributed by atoms with E-state index in [4.69, 9.17) is 0 Å². The van der Waals surface area contributed by atoms with Crippen molar-refractivity contribution in [1.29, 1.82) is 0 Å². The van der Waals surface area contributed by atoms with Gasteiger partial charge in [-0.1, -0.05) is 6.92 Å². The molecule has 7 heteroatoms. The fourth-order valence-corrected chi connectivity index (χ4v) is 2.92. The standard InChI is InChI=1S/C9H21NO4S2/c1-5-10-9(6-7-15(3,11)12)8(2)16(4,13)14/h8-10H,5-7H2,1-4H3. The minimum Gasteiger partial charge on any atom is -0.313 e. The van der Waals surface area contributed by atoms with Crippen molar-refractivity contribution in [2.24, 2.45) is 0 Å². The highest BCUT2D eigenvalue weighted by molar-refractivity contribution is 7.91. The van der Waals surface area contributed by atoms with Crippen molar-refractivity contribution in [2.45, 2.75) is 31.6 Å². The Bertz CT molecular complexity index is 399. The Morgan fingerprint density at radius 2 is 1.62 bits per heavy atom. The van der Waals surface area contributed by atoms with Gasteiger partial charge in [0.1, 0.15) is 9.84 Å². The Hall–Kier alpha value is -0.140. The Kier molecular flexibility index (Phi) is 5.92. The van der Waals surface area contributed by atoms with Crippen molar-refractivity contribution in [3.8, 4) is 0 Å². The molecular formula is C9H21NO4S2. The van der Waals surface area contributed by atoms with Crippen LogP contribution in [0.15, 0.2) is 0 Å². The maximum Gasteiger partial charge on any atom is 0.151 e. The lowest BCUT2D eigenvalue weighted by Crippen LogP contribution is -2.43. The van der Waals surface area contributed by atoms with E-state index in [0.29, 0.717) is 13.0 Å². The van der Waals surface area contributed by atoms with Crippen LogP contribution in [0.1, 0.15) is 20.3 Å². The molecule has 0 fully saturated rings. The summed E-state index contributed by atoms with van der Waals surface area (Å²) in [7, 11) is -6.20. The number of sulfone groups is 2. The Labute approximate surface area is 98.5 Å². The first-order chi connectivity index (χ1) is 7.08. The zero-order chi connectivity index (χ0) is 13.0. The van der Waals surface area contributed by atoms with Gasteiger partial charge in [0.25, 0.3) is 0 Å². The summed E-state index contributed by atoms with van der Waals surface area (Å²) in [5.41, 5.74) is 0. The third kappa shape index (κ3) is 6.44. The van der Waals surface area contributed by atoms with Crippen molar-refractivity contribution in [2.75, 3.05) is 24.8 Å². The first-order valence-corrected chi connectivity index (χ1v) is 9.19. The van der Waals surface area contributed by atoms with E-state index in [0.717, 1.165) is 6.26 Å². The third-order valence-electron chi connectivity index (χ3n) is 2.51. The highest BCUT2D eigenvalue weighted by Gasteiger charge is 2.25. The van der Waals surface area contributed by atoms with Crippen LogP contribution in [-0.2, 0) is 19.7 Å². The van der Waals surface area contributed by atoms with E-state index in [-0.39, 0.29) is 11.8 Å². The zero-order valence-electron chi connectivity index (χ0n) is 10.2. The van der Waals surface area contributed by atoms with E-state index >= 15 is 0 Å². The van der Waals surface area contributed by atoms with Crippen LogP contribution in [0.25, 0.3) is 0 Å². The second-order valence-electron chi connectivity index (χ2n) is 4.12. The van der Waals surface area contributed by atoms with Gasteiger partial charge in [-0.05, 0) is 19.9 Å². The van der Waals surface area contributed by atoms with Crippen molar-refractivity contribution in [3.63, 3.8) is 0 Å². The molecular weight excluding hydrogens is 250 g/mol. The summed E-state index contributed by atoms with van der Waals surface area (Å²) in [4.78, 5) is 0. The topological polar surface area (TPSA) is 80.3 Å². The van der Waals surface area contributed by atoms with Crippen LogP contribution >= 0.6 is 0 Å². The number of nitrogens with one attached hydrogen (secondary N) is 1. The molecule has 0 heterocycles. The van der Waals surface area contributed by atoms with Gasteiger partial charge < -0.3 is 5.32 Å². The van der Waals surface area contributed by atoms with Crippen molar-refractivity contribution < 1.29 is 16.8 Å². The smallest absolute Gasteiger partial charge is 0.151 e. The summed E-state index contributed by atoms with van der Waals surface area (Å²) >= 11 is 0. The van der Waals surface area contributed by atoms with Gasteiger partial charge in [0.05, 0.1) is 11.0 Å². The van der Waals surface area contributed by atoms with Crippen LogP contribution in [0.2, 0.25) is 0 Å². The predicted molar refractivity (Wildman–Crippen MR) is 66.1 cm³/mol. The molecule has 0 aromatic rings. The highest BCUT2D eigenvalue weighted by atomic mass is 32.2. The van der Waals surface area contributed by atoms with Crippen LogP contribution in [0, 0.1) is 0 Å². The molecule has 0 saturated heterocycles. The van der Waals surface area contributed by atoms with Crippen LogP contribution in [0.4, 0.5) is 0 Å². The molecule has 0 bridgehead atoms. The SMILES string of the molecule is CCNC(CCS(C)(=O)=O)C(C)S(C)(=O)=O. The maximum atomic E-state index is 11.4. The lowest BCUT2D eigenvalue weighted by Gasteiger charge is -2.23. The van der Waals surface area contributed by atoms with Gasteiger partial charge in [-0.25, -0.2) is 16.8 Å². The predicted octanol–water partition coefficient (Wildman–Crippen LogP) is -0.168. The largest absolute Gasteiger partial charge is 0.313 e. The van der Waals surface area contributed by atoms with Crippen LogP contribution in [0.3, 0.4) is 0 Å². The van der Waals surface area contributed by atoms with E-state index < -0.39 is 24.9 Å². The first kappa shape index (κ1) is 15.9. The van der Waals surface area contributed by atoms with Gasteiger partial charge >= 0.3 is 0 Å². The molecule has 2 atom stereocenters. The van der Waals surface area contributed by atoms with Crippen molar-refractivity contribution in [1.82, 2.24) is 5.32 Å². The fourth-order valence-electron chi connectivity index (χ4n) is 1.40. The van der Waals surface area contributed by atoms with Gasteiger partial charge in [-0.2, -0.15) is 0 Å². The lowest BCUT2D eigenvalue weighted by molar-refractivity contribution is 0.483. The Morgan fingerprint density at radius 1 is 1.12 bits per heavy atom. The summed E-state index contributed by atoms with van der Waals surface area (Å²) in [6.07, 6.45) is 2.64. The molecule has 0 aromatic carbocycles. The fraction of sp³-hybridized carbons (Fsp3) is 1.00. The minimum atomic E-state index is -3.15. The van der Waals surface area contributed by atoms with Gasteiger partial charge in [-0.3, -0.25) is 0 Å². The summed E-state index contributed by atoms with van der Waals surface area (Å²) < 4.78 is 44.8. The lowest BCUT2D eigenvalue weighted by atomic mass is 10.1. The number of hydrogen-bond donors (Lipinski definition) is 1. The zero-order valence-corrected chi connectivity index (χ0v) is 11.9. The third-order valence-corrected chi connectivity index (χ3v) is 5.16. The molecule has 0 aliphatic heterocycles. The van der Waals surface area contributed by atoms with Gasteiger partial charge in [0.2, 0.25) is 0 Å². The summed E-state index contributed by atoms with van der Waals surface area (Å²) in [6.45, 7) is 4.08. The number of rotatable bonds is 7. The highest BCUT2D eigenvalue weighted by Crippen LogP contribution is 2.09. The molecule has 1 N–H and O–H groups in total. The minimum absolute atomic E-state index is 0.00449. The Morgan fingerprint density at radius 3 is 1.94 bits per heavy atom. The molecule has 0 amide bonds. The number of hydrogen-bond acceptors (Lipinski definition) is 5. The van der Waals surface area contributed by atoms with E-state index in [1.807, 2.05) is 6.92 Å². The Balaban J connectivity index is 4.63. The van der Waals surface area contributed by atoms with Gasteiger partial charge in [0.15, 0.2) is 9.84 Å². The van der Waals surface area contributed by atoms with Crippen LogP contribution in [-0.4, -0.2) is 52.9 Å². The molecule has 98 valence electrons. The molecule has 0 spiro atoms. The van der Waals surface area contributed by atoms with E-state index in [9.17, 15) is 16.8 Å². The quantitative estimate of drug-likeness (QED) is 0.695. The molecule has 5 nitrogen and oxygen atoms in total. The monoisotopic (exact) mass is 271 g/mol. The second kappa shape index (κ2) is 5.97. The second-order valence-corrected chi connectivity index (χ2v) is 8.78. The molecule has 0 aromatic heterocycles. The molecule has 0 rings (SSSR count). The van der Waals surface area contributed by atoms with Crippen LogP contribution < -0.4 is 5.32 Å². The van der Waals surface area contributed by atoms with Crippen LogP contribution in [0.5, 0.6) is 0 Å². The molecule has 0 radical (unpaired) electrons. The summed E-state index contributed by atoms with van der Waals surface area (Å²) in [5, 5.41) is 2.44. The maximum absolute atomic E-state index is 11.4. The summed E-state index contributed by atoms with van der Waals surface area (Å²) in [6, 6.07) is -0.310. The van der Waals surface area contributed by atoms with E-state index in [1.165, 1.54) is 6.26 Å². The first-order valence-electron chi connectivity index (χ1n) is 5.18. The van der Waals surface area contributed by atoms with Crippen molar-refractivity contribution >= 4 is 19.7 Å². The molecule has 0 aliphatic rings. The average molecular weight is 271 g/mol. The molecule has 2 unspecified atom stereocenters. The normalized spacial score (nSPS) is 17.0. The summed E-state index contributed by atoms with van der Waals surface area (Å²) in [5.74, 6) is 0.00449. The van der Waals surface area contributed by atoms with Gasteiger partial charge in [0, 0.05) is 18.6 Å². The average Bonchev–Trinajstić information content (AvgIpc) is 2.08. The molecule has 0 aliphatic carbocycles. The van der Waals surface area contributed by atoms with E-state index in [1.54, 1.807) is 6.92 Å². The van der Waals surface area contributed by atoms with Gasteiger partial charge in [-0.15, -0.1) is 0 Å².